The second-order valence-corrected chi connectivity index (χ2v) is 2.30. The van der Waals surface area contributed by atoms with E-state index >= 15 is 0 Å². The molecule has 0 aliphatic rings. The summed E-state index contributed by atoms with van der Waals surface area (Å²) in [6, 6.07) is 0. The second-order valence-electron chi connectivity index (χ2n) is 2.30. The highest BCUT2D eigenvalue weighted by atomic mass is 16.5. The molecule has 0 aromatic rings. The molecule has 0 heterocycles. The quantitative estimate of drug-likeness (QED) is 0.450. The van der Waals surface area contributed by atoms with Gasteiger partial charge in [0.2, 0.25) is 0 Å². The monoisotopic (exact) mass is 143 g/mol. The van der Waals surface area contributed by atoms with Crippen LogP contribution in [0.25, 0.3) is 0 Å². The first-order valence-corrected chi connectivity index (χ1v) is 3.76. The zero-order valence-corrected chi connectivity index (χ0v) is 6.94. The summed E-state index contributed by atoms with van der Waals surface area (Å²) in [5.41, 5.74) is 0. The molecule has 0 aromatic heterocycles. The summed E-state index contributed by atoms with van der Waals surface area (Å²) in [5, 5.41) is 3.22. The fraction of sp³-hybridized carbons (Fsp3) is 0.750. The highest BCUT2D eigenvalue weighted by Gasteiger charge is 1.85. The van der Waals surface area contributed by atoms with Crippen molar-refractivity contribution in [3.8, 4) is 0 Å². The van der Waals surface area contributed by atoms with Crippen molar-refractivity contribution in [3.63, 3.8) is 0 Å². The molecule has 1 N–H and O–H groups in total. The molecular formula is C8H17NO. The fourth-order valence-electron chi connectivity index (χ4n) is 0.599. The largest absolute Gasteiger partial charge is 0.498 e. The van der Waals surface area contributed by atoms with Crippen molar-refractivity contribution in [1.29, 1.82) is 0 Å². The first-order valence-electron chi connectivity index (χ1n) is 3.76. The Hall–Kier alpha value is -0.500. The van der Waals surface area contributed by atoms with Gasteiger partial charge in [-0.2, -0.15) is 0 Å². The molecule has 0 bridgehead atoms. The number of hydrogen-bond donors (Lipinski definition) is 1. The average Bonchev–Trinajstić information content (AvgIpc) is 1.87. The lowest BCUT2D eigenvalue weighted by atomic mass is 10.5. The van der Waals surface area contributed by atoms with Gasteiger partial charge in [0, 0.05) is 6.54 Å². The molecule has 0 radical (unpaired) electrons. The normalized spacial score (nSPS) is 9.40. The summed E-state index contributed by atoms with van der Waals surface area (Å²) in [7, 11) is 0. The minimum Gasteiger partial charge on any atom is -0.498 e. The van der Waals surface area contributed by atoms with Crippen LogP contribution in [0.1, 0.15) is 20.3 Å². The van der Waals surface area contributed by atoms with Crippen LogP contribution in [0.4, 0.5) is 0 Å². The Bertz CT molecular complexity index is 91.3. The van der Waals surface area contributed by atoms with E-state index in [4.69, 9.17) is 4.74 Å². The Labute approximate surface area is 63.3 Å². The number of rotatable bonds is 6. The van der Waals surface area contributed by atoms with Crippen molar-refractivity contribution in [2.75, 3.05) is 19.7 Å². The van der Waals surface area contributed by atoms with Gasteiger partial charge >= 0.3 is 0 Å². The molecule has 60 valence electrons. The Morgan fingerprint density at radius 2 is 2.20 bits per heavy atom. The van der Waals surface area contributed by atoms with Gasteiger partial charge in [-0.25, -0.2) is 0 Å². The summed E-state index contributed by atoms with van der Waals surface area (Å²) in [6.45, 7) is 10.3. The van der Waals surface area contributed by atoms with E-state index in [1.54, 1.807) is 0 Å². The Morgan fingerprint density at radius 3 is 2.70 bits per heavy atom. The van der Waals surface area contributed by atoms with Crippen molar-refractivity contribution in [2.24, 2.45) is 0 Å². The summed E-state index contributed by atoms with van der Waals surface area (Å²) in [6.07, 6.45) is 1.17. The van der Waals surface area contributed by atoms with E-state index in [1.165, 1.54) is 6.42 Å². The lowest BCUT2D eigenvalue weighted by Crippen LogP contribution is -2.19. The zero-order valence-electron chi connectivity index (χ0n) is 6.94. The smallest absolute Gasteiger partial charge is 0.100 e. The highest BCUT2D eigenvalue weighted by Crippen LogP contribution is 1.86. The van der Waals surface area contributed by atoms with Crippen LogP contribution in [0.3, 0.4) is 0 Å². The molecule has 0 rings (SSSR count). The van der Waals surface area contributed by atoms with Gasteiger partial charge in [0.05, 0.1) is 5.76 Å². The van der Waals surface area contributed by atoms with Crippen molar-refractivity contribution < 1.29 is 4.74 Å². The molecule has 2 nitrogen and oxygen atoms in total. The number of hydrogen-bond acceptors (Lipinski definition) is 2. The predicted octanol–water partition coefficient (Wildman–Crippen LogP) is 1.54. The van der Waals surface area contributed by atoms with Crippen LogP contribution in [0.5, 0.6) is 0 Å². The van der Waals surface area contributed by atoms with Crippen molar-refractivity contribution >= 4 is 0 Å². The summed E-state index contributed by atoms with van der Waals surface area (Å²) in [4.78, 5) is 0. The molecule has 0 spiro atoms. The van der Waals surface area contributed by atoms with Gasteiger partial charge in [-0.15, -0.1) is 0 Å². The van der Waals surface area contributed by atoms with Crippen LogP contribution in [-0.2, 0) is 4.74 Å². The average molecular weight is 143 g/mol. The zero-order chi connectivity index (χ0) is 7.82. The van der Waals surface area contributed by atoms with Crippen LogP contribution in [0, 0.1) is 0 Å². The third-order valence-electron chi connectivity index (χ3n) is 1.05. The number of ether oxygens (including phenoxy) is 1. The van der Waals surface area contributed by atoms with Gasteiger partial charge in [-0.05, 0) is 19.9 Å². The number of nitrogens with one attached hydrogen (secondary N) is 1. The van der Waals surface area contributed by atoms with E-state index in [2.05, 4.69) is 18.8 Å². The Balaban J connectivity index is 2.84. The molecule has 0 saturated heterocycles. The van der Waals surface area contributed by atoms with Gasteiger partial charge in [-0.1, -0.05) is 13.5 Å². The minimum absolute atomic E-state index is 0.731. The van der Waals surface area contributed by atoms with E-state index in [0.717, 1.165) is 25.5 Å². The molecule has 0 aliphatic carbocycles. The van der Waals surface area contributed by atoms with Crippen molar-refractivity contribution in [1.82, 2.24) is 5.32 Å². The summed E-state index contributed by atoms with van der Waals surface area (Å²) < 4.78 is 5.13. The molecule has 10 heavy (non-hydrogen) atoms. The standard InChI is InChI=1S/C8H17NO/c1-4-5-9-6-7-10-8(2)3/h9H,2,4-7H2,1,3H3. The number of allylic oxidation sites excluding steroid dienone is 1. The van der Waals surface area contributed by atoms with Gasteiger partial charge < -0.3 is 10.1 Å². The van der Waals surface area contributed by atoms with E-state index in [9.17, 15) is 0 Å². The van der Waals surface area contributed by atoms with E-state index in [1.807, 2.05) is 6.92 Å². The maximum Gasteiger partial charge on any atom is 0.100 e. The minimum atomic E-state index is 0.731. The SMILES string of the molecule is C=C(C)OCCNCCC. The molecular weight excluding hydrogens is 126 g/mol. The van der Waals surface area contributed by atoms with E-state index in [0.29, 0.717) is 0 Å². The third-order valence-corrected chi connectivity index (χ3v) is 1.05. The maximum atomic E-state index is 5.13. The highest BCUT2D eigenvalue weighted by molar-refractivity contribution is 4.73. The molecule has 0 amide bonds. The molecule has 2 heteroatoms. The van der Waals surface area contributed by atoms with Crippen molar-refractivity contribution in [3.05, 3.63) is 12.3 Å². The Kier molecular flexibility index (Phi) is 6.29. The van der Waals surface area contributed by atoms with Crippen LogP contribution < -0.4 is 5.32 Å². The molecule has 0 aromatic carbocycles. The molecule has 0 fully saturated rings. The van der Waals surface area contributed by atoms with Crippen LogP contribution >= 0.6 is 0 Å². The summed E-state index contributed by atoms with van der Waals surface area (Å²) >= 11 is 0. The fourth-order valence-corrected chi connectivity index (χ4v) is 0.599. The van der Waals surface area contributed by atoms with Crippen LogP contribution in [0.15, 0.2) is 12.3 Å². The van der Waals surface area contributed by atoms with E-state index in [-0.39, 0.29) is 0 Å². The molecule has 0 saturated carbocycles. The van der Waals surface area contributed by atoms with Gasteiger partial charge in [0.1, 0.15) is 6.61 Å². The predicted molar refractivity (Wildman–Crippen MR) is 43.9 cm³/mol. The van der Waals surface area contributed by atoms with Crippen LogP contribution in [0.2, 0.25) is 0 Å². The van der Waals surface area contributed by atoms with E-state index < -0.39 is 0 Å². The van der Waals surface area contributed by atoms with Crippen LogP contribution in [-0.4, -0.2) is 19.7 Å². The van der Waals surface area contributed by atoms with Gasteiger partial charge in [0.15, 0.2) is 0 Å². The lowest BCUT2D eigenvalue weighted by Gasteiger charge is -2.04. The van der Waals surface area contributed by atoms with Gasteiger partial charge in [-0.3, -0.25) is 0 Å². The first kappa shape index (κ1) is 9.50. The van der Waals surface area contributed by atoms with Gasteiger partial charge in [0.25, 0.3) is 0 Å². The maximum absolute atomic E-state index is 5.13. The molecule has 0 aliphatic heterocycles. The second kappa shape index (κ2) is 6.62. The third kappa shape index (κ3) is 7.50. The molecule has 0 unspecified atom stereocenters. The molecule has 0 atom stereocenters. The van der Waals surface area contributed by atoms with Crippen molar-refractivity contribution in [2.45, 2.75) is 20.3 Å². The lowest BCUT2D eigenvalue weighted by molar-refractivity contribution is 0.216. The topological polar surface area (TPSA) is 21.3 Å². The first-order chi connectivity index (χ1) is 4.77. The summed E-state index contributed by atoms with van der Waals surface area (Å²) in [5.74, 6) is 0.790. The Morgan fingerprint density at radius 1 is 1.50 bits per heavy atom.